The molecule has 0 spiro atoms. The number of nitrogens with one attached hydrogen (secondary N) is 2. The molecule has 1 aliphatic rings. The summed E-state index contributed by atoms with van der Waals surface area (Å²) < 4.78 is 71.4. The number of H-pyrrole nitrogens is 1. The molecule has 2 N–H and O–H groups in total. The van der Waals surface area contributed by atoms with E-state index in [0.29, 0.717) is 19.3 Å². The molecule has 208 valence electrons. The van der Waals surface area contributed by atoms with Crippen LogP contribution in [-0.2, 0) is 13.2 Å². The number of likely N-dealkylation sites (N-methyl/N-ethyl adjacent to an activating group) is 1. The van der Waals surface area contributed by atoms with Crippen molar-refractivity contribution in [3.8, 4) is 11.1 Å². The molecule has 2 atom stereocenters. The zero-order chi connectivity index (χ0) is 28.8. The number of aryl methyl sites for hydroxylation is 1. The van der Waals surface area contributed by atoms with E-state index in [0.717, 1.165) is 16.7 Å². The summed E-state index contributed by atoms with van der Waals surface area (Å²) in [6.45, 7) is 4.75. The van der Waals surface area contributed by atoms with Gasteiger partial charge in [-0.3, -0.25) is 19.3 Å². The van der Waals surface area contributed by atoms with E-state index in [1.807, 2.05) is 20.9 Å². The monoisotopic (exact) mass is 551 g/mol. The molecule has 1 fully saturated rings. The van der Waals surface area contributed by atoms with Gasteiger partial charge in [-0.15, -0.1) is 0 Å². The maximum Gasteiger partial charge on any atom is 0.417 e. The lowest BCUT2D eigenvalue weighted by atomic mass is 10.0. The zero-order valence-corrected chi connectivity index (χ0v) is 21.5. The van der Waals surface area contributed by atoms with E-state index in [1.165, 1.54) is 19.3 Å². The van der Waals surface area contributed by atoms with Gasteiger partial charge in [0.2, 0.25) is 5.56 Å². The molecule has 8 nitrogen and oxygen atoms in total. The number of alkyl halides is 3. The lowest BCUT2D eigenvalue weighted by molar-refractivity contribution is -0.138. The van der Waals surface area contributed by atoms with Crippen LogP contribution in [0.25, 0.3) is 11.1 Å². The number of nitrogens with zero attached hydrogens (tertiary/aromatic N) is 3. The highest BCUT2D eigenvalue weighted by Crippen LogP contribution is 2.37. The average molecular weight is 552 g/mol. The predicted octanol–water partition coefficient (Wildman–Crippen LogP) is 3.82. The molecular formula is C26H26F5N5O3. The number of hydrogen-bond donors (Lipinski definition) is 2. The summed E-state index contributed by atoms with van der Waals surface area (Å²) in [5.41, 5.74) is -4.27. The minimum atomic E-state index is -4.99. The molecule has 0 unspecified atom stereocenters. The van der Waals surface area contributed by atoms with Crippen LogP contribution >= 0.6 is 0 Å². The van der Waals surface area contributed by atoms with Crippen LogP contribution in [0.4, 0.5) is 33.3 Å². The molecule has 1 saturated heterocycles. The predicted molar refractivity (Wildman–Crippen MR) is 136 cm³/mol. The Bertz CT molecular complexity index is 1510. The third-order valence-electron chi connectivity index (χ3n) is 6.96. The molecule has 0 radical (unpaired) electrons. The molecule has 13 heteroatoms. The number of piperazine rings is 1. The minimum Gasteiger partial charge on any atom is -0.367 e. The van der Waals surface area contributed by atoms with Gasteiger partial charge < -0.3 is 19.8 Å². The molecule has 0 bridgehead atoms. The number of aromatic nitrogens is 2. The molecule has 3 aromatic rings. The molecule has 2 aromatic heterocycles. The van der Waals surface area contributed by atoms with Gasteiger partial charge in [0.05, 0.1) is 22.5 Å². The highest BCUT2D eigenvalue weighted by Gasteiger charge is 2.36. The number of halogens is 5. The largest absolute Gasteiger partial charge is 0.417 e. The van der Waals surface area contributed by atoms with Gasteiger partial charge >= 0.3 is 6.18 Å². The van der Waals surface area contributed by atoms with Gasteiger partial charge in [-0.05, 0) is 39.1 Å². The zero-order valence-electron chi connectivity index (χ0n) is 21.5. The van der Waals surface area contributed by atoms with Gasteiger partial charge in [0.15, 0.2) is 5.82 Å². The van der Waals surface area contributed by atoms with Gasteiger partial charge in [-0.1, -0.05) is 0 Å². The first kappa shape index (κ1) is 28.0. The van der Waals surface area contributed by atoms with E-state index in [1.54, 1.807) is 4.90 Å². The SMILES string of the molecule is C[C@@H]1CN(c2cc(F)c(-c3cc(F)c(=O)n(C)c3)cc2NC(=O)c2c[nH]c(=O)cc2C(F)(F)F)C[C@H](C)N1C. The Labute approximate surface area is 219 Å². The summed E-state index contributed by atoms with van der Waals surface area (Å²) in [5.74, 6) is -3.12. The number of amides is 1. The number of pyridine rings is 2. The number of hydrogen-bond acceptors (Lipinski definition) is 5. The minimum absolute atomic E-state index is 0.0192. The number of carbonyl (C=O) groups is 1. The van der Waals surface area contributed by atoms with E-state index in [-0.39, 0.29) is 40.7 Å². The topological polar surface area (TPSA) is 90.4 Å². The van der Waals surface area contributed by atoms with Crippen LogP contribution in [0.5, 0.6) is 0 Å². The fraction of sp³-hybridized carbons (Fsp3) is 0.346. The summed E-state index contributed by atoms with van der Waals surface area (Å²) in [7, 11) is 3.22. The fourth-order valence-corrected chi connectivity index (χ4v) is 4.65. The van der Waals surface area contributed by atoms with Crippen molar-refractivity contribution in [2.75, 3.05) is 30.4 Å². The number of benzene rings is 1. The molecule has 4 rings (SSSR count). The van der Waals surface area contributed by atoms with E-state index in [2.05, 4.69) is 15.2 Å². The Morgan fingerprint density at radius 2 is 1.64 bits per heavy atom. The number of anilines is 2. The number of rotatable bonds is 4. The molecule has 0 aliphatic carbocycles. The number of carbonyl (C=O) groups excluding carboxylic acids is 1. The third-order valence-corrected chi connectivity index (χ3v) is 6.96. The molecule has 0 saturated carbocycles. The maximum absolute atomic E-state index is 15.5. The molecule has 39 heavy (non-hydrogen) atoms. The smallest absolute Gasteiger partial charge is 0.367 e. The summed E-state index contributed by atoms with van der Waals surface area (Å²) in [4.78, 5) is 42.5. The van der Waals surface area contributed by atoms with E-state index in [9.17, 15) is 31.9 Å². The highest BCUT2D eigenvalue weighted by molar-refractivity contribution is 6.07. The van der Waals surface area contributed by atoms with Gasteiger partial charge in [0.25, 0.3) is 11.5 Å². The quantitative estimate of drug-likeness (QED) is 0.482. The van der Waals surface area contributed by atoms with Crippen molar-refractivity contribution in [3.63, 3.8) is 0 Å². The Kier molecular flexibility index (Phi) is 7.39. The van der Waals surface area contributed by atoms with Crippen LogP contribution in [0.15, 0.2) is 46.2 Å². The van der Waals surface area contributed by atoms with Gasteiger partial charge in [-0.2, -0.15) is 13.2 Å². The second kappa shape index (κ2) is 10.3. The van der Waals surface area contributed by atoms with E-state index in [4.69, 9.17) is 0 Å². The van der Waals surface area contributed by atoms with E-state index < -0.39 is 46.0 Å². The molecule has 3 heterocycles. The fourth-order valence-electron chi connectivity index (χ4n) is 4.65. The standard InChI is InChI=1S/C26H26F5N5O3/c1-13-10-36(11-14(2)35(13)4)22-8-19(27)16(15-5-20(28)25(39)34(3)12-15)6-21(22)33-24(38)17-9-32-23(37)7-18(17)26(29,30)31/h5-9,12-14H,10-11H2,1-4H3,(H,32,37)(H,33,38)/t13-,14+. The second-order valence-corrected chi connectivity index (χ2v) is 9.69. The molecule has 1 amide bonds. The van der Waals surface area contributed by atoms with Gasteiger partial charge in [-0.25, -0.2) is 8.78 Å². The summed E-state index contributed by atoms with van der Waals surface area (Å²) in [6, 6.07) is 3.48. The Morgan fingerprint density at radius 1 is 1.00 bits per heavy atom. The molecule has 1 aliphatic heterocycles. The molecular weight excluding hydrogens is 525 g/mol. The van der Waals surface area contributed by atoms with Crippen LogP contribution in [0, 0.1) is 11.6 Å². The first-order chi connectivity index (χ1) is 18.2. The summed E-state index contributed by atoms with van der Waals surface area (Å²) >= 11 is 0. The van der Waals surface area contributed by atoms with Crippen molar-refractivity contribution >= 4 is 17.3 Å². The van der Waals surface area contributed by atoms with Crippen LogP contribution in [0.1, 0.15) is 29.8 Å². The van der Waals surface area contributed by atoms with Crippen LogP contribution in [-0.4, -0.2) is 52.6 Å². The van der Waals surface area contributed by atoms with Crippen molar-refractivity contribution in [1.29, 1.82) is 0 Å². The van der Waals surface area contributed by atoms with Crippen molar-refractivity contribution in [2.45, 2.75) is 32.1 Å². The Morgan fingerprint density at radius 3 is 2.23 bits per heavy atom. The van der Waals surface area contributed by atoms with Crippen molar-refractivity contribution in [2.24, 2.45) is 7.05 Å². The normalized spacial score (nSPS) is 18.3. The second-order valence-electron chi connectivity index (χ2n) is 9.69. The first-order valence-corrected chi connectivity index (χ1v) is 12.0. The lowest BCUT2D eigenvalue weighted by Gasteiger charge is -2.44. The Balaban J connectivity index is 1.86. The summed E-state index contributed by atoms with van der Waals surface area (Å²) in [5, 5.41) is 2.43. The summed E-state index contributed by atoms with van der Waals surface area (Å²) in [6.07, 6.45) is -3.13. The first-order valence-electron chi connectivity index (χ1n) is 12.0. The van der Waals surface area contributed by atoms with Crippen LogP contribution in [0.3, 0.4) is 0 Å². The maximum atomic E-state index is 15.5. The van der Waals surface area contributed by atoms with Crippen molar-refractivity contribution in [3.05, 3.63) is 80.1 Å². The average Bonchev–Trinajstić information content (AvgIpc) is 2.85. The van der Waals surface area contributed by atoms with Crippen LogP contribution < -0.4 is 21.3 Å². The highest BCUT2D eigenvalue weighted by atomic mass is 19.4. The van der Waals surface area contributed by atoms with Gasteiger partial charge in [0.1, 0.15) is 5.82 Å². The lowest BCUT2D eigenvalue weighted by Crippen LogP contribution is -2.55. The Hall–Kier alpha value is -4.00. The van der Waals surface area contributed by atoms with Crippen LogP contribution in [0.2, 0.25) is 0 Å². The van der Waals surface area contributed by atoms with Crippen molar-refractivity contribution in [1.82, 2.24) is 14.5 Å². The molecule has 1 aromatic carbocycles. The number of aromatic amines is 1. The third kappa shape index (κ3) is 5.58. The van der Waals surface area contributed by atoms with E-state index >= 15 is 4.39 Å². The van der Waals surface area contributed by atoms with Crippen molar-refractivity contribution < 1.29 is 26.7 Å². The van der Waals surface area contributed by atoms with Gasteiger partial charge in [0, 0.05) is 61.8 Å².